The molecule has 1 aromatic carbocycles. The summed E-state index contributed by atoms with van der Waals surface area (Å²) in [7, 11) is 0. The Labute approximate surface area is 149 Å². The first-order valence-corrected chi connectivity index (χ1v) is 8.06. The van der Waals surface area contributed by atoms with Crippen LogP contribution in [0.3, 0.4) is 0 Å². The lowest BCUT2D eigenvalue weighted by Gasteiger charge is -2.26. The quantitative estimate of drug-likeness (QED) is 0.343. The molecule has 3 N–H and O–H groups in total. The van der Waals surface area contributed by atoms with Crippen molar-refractivity contribution in [2.45, 2.75) is 50.2 Å². The molecule has 0 aliphatic rings. The minimum atomic E-state index is -2.36. The van der Waals surface area contributed by atoms with Crippen molar-refractivity contribution in [3.8, 4) is 11.5 Å². The zero-order chi connectivity index (χ0) is 19.4. The Balaban J connectivity index is 3.06. The summed E-state index contributed by atoms with van der Waals surface area (Å²) in [6.45, 7) is 7.29. The van der Waals surface area contributed by atoms with Crippen LogP contribution in [0.2, 0.25) is 0 Å². The first kappa shape index (κ1) is 20.9. The minimum absolute atomic E-state index is 0.0184. The predicted molar refractivity (Wildman–Crippen MR) is 89.9 cm³/mol. The second-order valence-electron chi connectivity index (χ2n) is 6.10. The molecule has 0 aliphatic heterocycles. The van der Waals surface area contributed by atoms with E-state index in [-0.39, 0.29) is 11.5 Å². The predicted octanol–water partition coefficient (Wildman–Crippen LogP) is 1.58. The summed E-state index contributed by atoms with van der Waals surface area (Å²) >= 11 is 0.591. The van der Waals surface area contributed by atoms with Gasteiger partial charge in [-0.05, 0) is 39.0 Å². The third-order valence-electron chi connectivity index (χ3n) is 2.39. The van der Waals surface area contributed by atoms with E-state index < -0.39 is 28.6 Å². The van der Waals surface area contributed by atoms with Crippen molar-refractivity contribution in [1.29, 1.82) is 0 Å². The van der Waals surface area contributed by atoms with Crippen LogP contribution in [0.5, 0.6) is 11.5 Å². The number of hydrogen-bond donors (Lipinski definition) is 2. The standard InChI is InChI=1S/C16H21NO7S/c1-9(18)22-12-7-6-11(8-13(12)23-10(2)19)25-16(17,21)14(20)24-15(3,4)5/h6-8,21H,17H2,1-5H3. The van der Waals surface area contributed by atoms with Gasteiger partial charge in [0.05, 0.1) is 0 Å². The van der Waals surface area contributed by atoms with Crippen molar-refractivity contribution in [1.82, 2.24) is 0 Å². The molecule has 0 heterocycles. The van der Waals surface area contributed by atoms with E-state index in [0.717, 1.165) is 0 Å². The van der Waals surface area contributed by atoms with Gasteiger partial charge in [-0.2, -0.15) is 0 Å². The monoisotopic (exact) mass is 371 g/mol. The molecule has 0 radical (unpaired) electrons. The van der Waals surface area contributed by atoms with Gasteiger partial charge >= 0.3 is 17.9 Å². The molecule has 8 nitrogen and oxygen atoms in total. The molecule has 138 valence electrons. The van der Waals surface area contributed by atoms with Crippen molar-refractivity contribution in [2.24, 2.45) is 5.73 Å². The molecular weight excluding hydrogens is 350 g/mol. The van der Waals surface area contributed by atoms with Gasteiger partial charge in [-0.25, -0.2) is 4.79 Å². The highest BCUT2D eigenvalue weighted by molar-refractivity contribution is 8.01. The van der Waals surface area contributed by atoms with Crippen LogP contribution in [0.25, 0.3) is 0 Å². The fraction of sp³-hybridized carbons (Fsp3) is 0.438. The van der Waals surface area contributed by atoms with Gasteiger partial charge < -0.3 is 19.3 Å². The van der Waals surface area contributed by atoms with E-state index in [2.05, 4.69) is 0 Å². The van der Waals surface area contributed by atoms with Crippen LogP contribution in [0.1, 0.15) is 34.6 Å². The van der Waals surface area contributed by atoms with Crippen LogP contribution in [-0.2, 0) is 19.1 Å². The average Bonchev–Trinajstić information content (AvgIpc) is 2.38. The molecule has 25 heavy (non-hydrogen) atoms. The maximum atomic E-state index is 12.0. The number of rotatable bonds is 5. The lowest BCUT2D eigenvalue weighted by molar-refractivity contribution is -0.167. The Kier molecular flexibility index (Phi) is 6.58. The highest BCUT2D eigenvalue weighted by Gasteiger charge is 2.37. The third-order valence-corrected chi connectivity index (χ3v) is 3.35. The lowest BCUT2D eigenvalue weighted by atomic mass is 10.2. The average molecular weight is 371 g/mol. The van der Waals surface area contributed by atoms with Gasteiger partial charge in [-0.15, -0.1) is 0 Å². The summed E-state index contributed by atoms with van der Waals surface area (Å²) in [5, 5.41) is 7.80. The van der Waals surface area contributed by atoms with E-state index in [4.69, 9.17) is 19.9 Å². The number of esters is 3. The van der Waals surface area contributed by atoms with E-state index >= 15 is 0 Å². The summed E-state index contributed by atoms with van der Waals surface area (Å²) < 4.78 is 15.0. The summed E-state index contributed by atoms with van der Waals surface area (Å²) in [5.74, 6) is -2.29. The number of carbonyl (C=O) groups is 3. The number of thioether (sulfide) groups is 1. The lowest BCUT2D eigenvalue weighted by Crippen LogP contribution is -2.48. The molecule has 0 amide bonds. The number of hydrogen-bond acceptors (Lipinski definition) is 9. The maximum Gasteiger partial charge on any atom is 0.365 e. The molecule has 0 saturated carbocycles. The van der Waals surface area contributed by atoms with Gasteiger partial charge in [-0.1, -0.05) is 11.8 Å². The van der Waals surface area contributed by atoms with E-state index in [1.54, 1.807) is 20.8 Å². The summed E-state index contributed by atoms with van der Waals surface area (Å²) in [6, 6.07) is 4.11. The molecule has 0 aromatic heterocycles. The van der Waals surface area contributed by atoms with Crippen molar-refractivity contribution in [2.75, 3.05) is 0 Å². The van der Waals surface area contributed by atoms with E-state index in [0.29, 0.717) is 16.7 Å². The molecule has 1 aromatic rings. The molecular formula is C16H21NO7S. The second kappa shape index (κ2) is 7.85. The molecule has 1 rings (SSSR count). The Morgan fingerprint density at radius 1 is 1.04 bits per heavy atom. The first-order valence-electron chi connectivity index (χ1n) is 7.25. The van der Waals surface area contributed by atoms with Crippen LogP contribution in [0.15, 0.2) is 23.1 Å². The van der Waals surface area contributed by atoms with Crippen LogP contribution in [0, 0.1) is 0 Å². The van der Waals surface area contributed by atoms with Crippen molar-refractivity contribution in [3.63, 3.8) is 0 Å². The Morgan fingerprint density at radius 3 is 2.04 bits per heavy atom. The summed E-state index contributed by atoms with van der Waals surface area (Å²) in [4.78, 5) is 34.6. The first-order chi connectivity index (χ1) is 11.3. The Bertz CT molecular complexity index is 680. The van der Waals surface area contributed by atoms with Crippen molar-refractivity contribution < 1.29 is 33.7 Å². The number of benzene rings is 1. The van der Waals surface area contributed by atoms with Crippen LogP contribution >= 0.6 is 11.8 Å². The number of aliphatic hydroxyl groups is 1. The van der Waals surface area contributed by atoms with Crippen LogP contribution < -0.4 is 15.2 Å². The third kappa shape index (κ3) is 7.12. The maximum absolute atomic E-state index is 12.0. The highest BCUT2D eigenvalue weighted by atomic mass is 32.2. The van der Waals surface area contributed by atoms with Gasteiger partial charge in [0.25, 0.3) is 5.06 Å². The molecule has 9 heteroatoms. The normalized spacial score (nSPS) is 13.6. The fourth-order valence-corrected chi connectivity index (χ4v) is 2.38. The Morgan fingerprint density at radius 2 is 1.56 bits per heavy atom. The molecule has 0 bridgehead atoms. The molecule has 0 fully saturated rings. The molecule has 0 saturated heterocycles. The van der Waals surface area contributed by atoms with Gasteiger partial charge in [0.1, 0.15) is 5.60 Å². The van der Waals surface area contributed by atoms with Crippen molar-refractivity contribution >= 4 is 29.7 Å². The number of nitrogens with two attached hydrogens (primary N) is 1. The number of carbonyl (C=O) groups excluding carboxylic acids is 3. The zero-order valence-corrected chi connectivity index (χ0v) is 15.4. The molecule has 0 spiro atoms. The van der Waals surface area contributed by atoms with E-state index in [1.807, 2.05) is 0 Å². The number of ether oxygens (including phenoxy) is 3. The zero-order valence-electron chi connectivity index (χ0n) is 14.6. The SMILES string of the molecule is CC(=O)Oc1ccc(SC(N)(O)C(=O)OC(C)(C)C)cc1OC(C)=O. The van der Waals surface area contributed by atoms with E-state index in [9.17, 15) is 19.5 Å². The largest absolute Gasteiger partial charge is 0.456 e. The molecule has 1 atom stereocenters. The summed E-state index contributed by atoms with van der Waals surface area (Å²) in [6.07, 6.45) is 0. The van der Waals surface area contributed by atoms with Gasteiger partial charge in [0.2, 0.25) is 0 Å². The fourth-order valence-electron chi connectivity index (χ4n) is 1.60. The van der Waals surface area contributed by atoms with Crippen molar-refractivity contribution in [3.05, 3.63) is 18.2 Å². The van der Waals surface area contributed by atoms with Gasteiger partial charge in [0.15, 0.2) is 11.5 Å². The smallest absolute Gasteiger partial charge is 0.365 e. The minimum Gasteiger partial charge on any atom is -0.456 e. The van der Waals surface area contributed by atoms with Gasteiger partial charge in [0, 0.05) is 18.7 Å². The second-order valence-corrected chi connectivity index (χ2v) is 7.39. The Hall–Kier alpha value is -2.10. The summed E-state index contributed by atoms with van der Waals surface area (Å²) in [5.41, 5.74) is 4.79. The van der Waals surface area contributed by atoms with E-state index in [1.165, 1.54) is 32.0 Å². The topological polar surface area (TPSA) is 125 Å². The molecule has 1 unspecified atom stereocenters. The van der Waals surface area contributed by atoms with Gasteiger partial charge in [-0.3, -0.25) is 15.3 Å². The molecule has 0 aliphatic carbocycles. The van der Waals surface area contributed by atoms with Crippen LogP contribution in [-0.4, -0.2) is 33.7 Å². The highest BCUT2D eigenvalue weighted by Crippen LogP contribution is 2.36. The van der Waals surface area contributed by atoms with Crippen LogP contribution in [0.4, 0.5) is 0 Å².